The standard InChI is InChI=1S/C16H16FNO3/c1-2-15(10-3-6-12(19)7-4-10)18-11-5-8-14(17)13(9-11)16(20)21/h3-9,15,18-19H,2H2,1H3,(H,20,21). The summed E-state index contributed by atoms with van der Waals surface area (Å²) < 4.78 is 13.4. The van der Waals surface area contributed by atoms with Crippen molar-refractivity contribution in [1.29, 1.82) is 0 Å². The molecule has 0 bridgehead atoms. The van der Waals surface area contributed by atoms with Crippen molar-refractivity contribution in [3.63, 3.8) is 0 Å². The number of benzene rings is 2. The molecular weight excluding hydrogens is 273 g/mol. The number of halogens is 1. The van der Waals surface area contributed by atoms with Crippen LogP contribution in [0.2, 0.25) is 0 Å². The summed E-state index contributed by atoms with van der Waals surface area (Å²) in [6, 6.07) is 10.6. The molecule has 0 radical (unpaired) electrons. The van der Waals surface area contributed by atoms with Crippen LogP contribution in [0.3, 0.4) is 0 Å². The highest BCUT2D eigenvalue weighted by molar-refractivity contribution is 5.89. The highest BCUT2D eigenvalue weighted by Gasteiger charge is 2.13. The molecule has 0 aliphatic rings. The molecule has 0 fully saturated rings. The van der Waals surface area contributed by atoms with Gasteiger partial charge in [0.15, 0.2) is 0 Å². The first kappa shape index (κ1) is 14.8. The van der Waals surface area contributed by atoms with Crippen molar-refractivity contribution in [2.75, 3.05) is 5.32 Å². The number of carboxylic acid groups (broad SMARTS) is 1. The smallest absolute Gasteiger partial charge is 0.338 e. The third kappa shape index (κ3) is 3.51. The molecule has 0 heterocycles. The fourth-order valence-electron chi connectivity index (χ4n) is 2.11. The van der Waals surface area contributed by atoms with E-state index in [-0.39, 0.29) is 17.4 Å². The Hall–Kier alpha value is -2.56. The van der Waals surface area contributed by atoms with Crippen LogP contribution in [0.25, 0.3) is 0 Å². The predicted molar refractivity (Wildman–Crippen MR) is 78.1 cm³/mol. The van der Waals surface area contributed by atoms with Gasteiger partial charge in [-0.15, -0.1) is 0 Å². The van der Waals surface area contributed by atoms with Crippen LogP contribution in [-0.4, -0.2) is 16.2 Å². The van der Waals surface area contributed by atoms with Crippen LogP contribution >= 0.6 is 0 Å². The quantitative estimate of drug-likeness (QED) is 0.783. The number of phenols is 1. The summed E-state index contributed by atoms with van der Waals surface area (Å²) in [5.41, 5.74) is 1.13. The number of rotatable bonds is 5. The van der Waals surface area contributed by atoms with Gasteiger partial charge in [-0.25, -0.2) is 9.18 Å². The molecule has 0 aliphatic heterocycles. The minimum atomic E-state index is -1.30. The predicted octanol–water partition coefficient (Wildman–Crippen LogP) is 3.79. The number of anilines is 1. The molecule has 3 N–H and O–H groups in total. The van der Waals surface area contributed by atoms with Gasteiger partial charge in [0.25, 0.3) is 0 Å². The van der Waals surface area contributed by atoms with Gasteiger partial charge in [0.05, 0.1) is 11.6 Å². The van der Waals surface area contributed by atoms with Gasteiger partial charge in [-0.1, -0.05) is 19.1 Å². The number of aromatic carboxylic acids is 1. The minimum Gasteiger partial charge on any atom is -0.508 e. The second-order valence-electron chi connectivity index (χ2n) is 4.70. The average molecular weight is 289 g/mol. The third-order valence-corrected chi connectivity index (χ3v) is 3.24. The maximum atomic E-state index is 13.4. The van der Waals surface area contributed by atoms with Crippen molar-refractivity contribution in [2.24, 2.45) is 0 Å². The lowest BCUT2D eigenvalue weighted by molar-refractivity contribution is 0.0692. The number of aromatic hydroxyl groups is 1. The Bertz CT molecular complexity index is 640. The van der Waals surface area contributed by atoms with Gasteiger partial charge < -0.3 is 15.5 Å². The summed E-state index contributed by atoms with van der Waals surface area (Å²) in [4.78, 5) is 10.9. The highest BCUT2D eigenvalue weighted by Crippen LogP contribution is 2.25. The molecule has 1 unspecified atom stereocenters. The summed E-state index contributed by atoms with van der Waals surface area (Å²) in [6.07, 6.45) is 0.755. The van der Waals surface area contributed by atoms with Gasteiger partial charge in [0.2, 0.25) is 0 Å². The summed E-state index contributed by atoms with van der Waals surface area (Å²) in [5, 5.41) is 21.4. The topological polar surface area (TPSA) is 69.6 Å². The number of phenolic OH excluding ortho intramolecular Hbond substituents is 1. The summed E-state index contributed by atoms with van der Waals surface area (Å²) >= 11 is 0. The van der Waals surface area contributed by atoms with E-state index in [4.69, 9.17) is 5.11 Å². The van der Waals surface area contributed by atoms with Crippen LogP contribution in [0.4, 0.5) is 10.1 Å². The fourth-order valence-corrected chi connectivity index (χ4v) is 2.11. The number of carbonyl (C=O) groups is 1. The van der Waals surface area contributed by atoms with Gasteiger partial charge in [-0.2, -0.15) is 0 Å². The van der Waals surface area contributed by atoms with E-state index in [1.54, 1.807) is 24.3 Å². The number of nitrogens with one attached hydrogen (secondary N) is 1. The molecule has 5 heteroatoms. The number of hydrogen-bond acceptors (Lipinski definition) is 3. The van der Waals surface area contributed by atoms with Gasteiger partial charge in [0.1, 0.15) is 11.6 Å². The molecule has 2 aromatic rings. The van der Waals surface area contributed by atoms with Crippen LogP contribution in [0.15, 0.2) is 42.5 Å². The monoisotopic (exact) mass is 289 g/mol. The van der Waals surface area contributed by atoms with E-state index in [1.807, 2.05) is 6.92 Å². The average Bonchev–Trinajstić information content (AvgIpc) is 2.47. The van der Waals surface area contributed by atoms with Crippen LogP contribution < -0.4 is 5.32 Å². The summed E-state index contributed by atoms with van der Waals surface area (Å²) in [5.74, 6) is -1.87. The maximum absolute atomic E-state index is 13.4. The van der Waals surface area contributed by atoms with E-state index >= 15 is 0 Å². The van der Waals surface area contributed by atoms with Crippen molar-refractivity contribution in [1.82, 2.24) is 0 Å². The molecule has 2 aromatic carbocycles. The van der Waals surface area contributed by atoms with Gasteiger partial charge in [-0.05, 0) is 42.3 Å². The number of carboxylic acids is 1. The Morgan fingerprint density at radius 1 is 1.24 bits per heavy atom. The Kier molecular flexibility index (Phi) is 4.42. The van der Waals surface area contributed by atoms with Crippen LogP contribution in [0.1, 0.15) is 35.3 Å². The minimum absolute atomic E-state index is 0.0577. The van der Waals surface area contributed by atoms with Crippen LogP contribution in [0.5, 0.6) is 5.75 Å². The Morgan fingerprint density at radius 3 is 2.48 bits per heavy atom. The number of hydrogen-bond donors (Lipinski definition) is 3. The van der Waals surface area contributed by atoms with E-state index in [1.165, 1.54) is 12.1 Å². The molecule has 0 saturated carbocycles. The molecule has 4 nitrogen and oxygen atoms in total. The van der Waals surface area contributed by atoms with Crippen molar-refractivity contribution in [3.05, 3.63) is 59.4 Å². The van der Waals surface area contributed by atoms with Crippen molar-refractivity contribution >= 4 is 11.7 Å². The molecule has 0 spiro atoms. The molecule has 2 rings (SSSR count). The van der Waals surface area contributed by atoms with Crippen LogP contribution in [-0.2, 0) is 0 Å². The zero-order valence-corrected chi connectivity index (χ0v) is 11.5. The Morgan fingerprint density at radius 2 is 1.90 bits per heavy atom. The molecule has 110 valence electrons. The second-order valence-corrected chi connectivity index (χ2v) is 4.70. The van der Waals surface area contributed by atoms with Gasteiger partial charge in [-0.3, -0.25) is 0 Å². The zero-order chi connectivity index (χ0) is 15.4. The highest BCUT2D eigenvalue weighted by atomic mass is 19.1. The largest absolute Gasteiger partial charge is 0.508 e. The lowest BCUT2D eigenvalue weighted by atomic mass is 10.0. The first-order valence-corrected chi connectivity index (χ1v) is 6.59. The van der Waals surface area contributed by atoms with E-state index in [0.717, 1.165) is 18.1 Å². The van der Waals surface area contributed by atoms with E-state index in [0.29, 0.717) is 5.69 Å². The van der Waals surface area contributed by atoms with E-state index < -0.39 is 11.8 Å². The lowest BCUT2D eigenvalue weighted by Gasteiger charge is -2.19. The maximum Gasteiger partial charge on any atom is 0.338 e. The van der Waals surface area contributed by atoms with Crippen molar-refractivity contribution in [2.45, 2.75) is 19.4 Å². The second kappa shape index (κ2) is 6.26. The molecule has 21 heavy (non-hydrogen) atoms. The Balaban J connectivity index is 2.24. The lowest BCUT2D eigenvalue weighted by Crippen LogP contribution is -2.10. The molecule has 0 aromatic heterocycles. The SMILES string of the molecule is CCC(Nc1ccc(F)c(C(=O)O)c1)c1ccc(O)cc1. The molecule has 0 aliphatic carbocycles. The van der Waals surface area contributed by atoms with E-state index in [2.05, 4.69) is 5.32 Å². The molecule has 1 atom stereocenters. The third-order valence-electron chi connectivity index (χ3n) is 3.24. The summed E-state index contributed by atoms with van der Waals surface area (Å²) in [6.45, 7) is 1.98. The van der Waals surface area contributed by atoms with Crippen LogP contribution in [0, 0.1) is 5.82 Å². The van der Waals surface area contributed by atoms with Gasteiger partial charge >= 0.3 is 5.97 Å². The van der Waals surface area contributed by atoms with E-state index in [9.17, 15) is 14.3 Å². The Labute approximate surface area is 121 Å². The normalized spacial score (nSPS) is 11.9. The first-order chi connectivity index (χ1) is 10.0. The fraction of sp³-hybridized carbons (Fsp3) is 0.188. The zero-order valence-electron chi connectivity index (χ0n) is 11.5. The van der Waals surface area contributed by atoms with Gasteiger partial charge in [0, 0.05) is 5.69 Å². The molecular formula is C16H16FNO3. The van der Waals surface area contributed by atoms with Crippen molar-refractivity contribution in [3.8, 4) is 5.75 Å². The van der Waals surface area contributed by atoms with Crippen molar-refractivity contribution < 1.29 is 19.4 Å². The molecule has 0 amide bonds. The first-order valence-electron chi connectivity index (χ1n) is 6.59. The molecule has 0 saturated heterocycles. The summed E-state index contributed by atoms with van der Waals surface area (Å²) in [7, 11) is 0.